The number of nitrogens with one attached hydrogen (secondary N) is 2. The fraction of sp³-hybridized carbons (Fsp3) is 0.333. The highest BCUT2D eigenvalue weighted by molar-refractivity contribution is 7.13. The minimum Gasteiger partial charge on any atom is -0.350 e. The quantitative estimate of drug-likeness (QED) is 0.770. The van der Waals surface area contributed by atoms with E-state index in [-0.39, 0.29) is 5.91 Å². The minimum absolute atomic E-state index is 0.0783. The Bertz CT molecular complexity index is 539. The second-order valence-electron chi connectivity index (χ2n) is 4.49. The van der Waals surface area contributed by atoms with E-state index in [1.807, 2.05) is 42.8 Å². The zero-order valence-corrected chi connectivity index (χ0v) is 12.4. The van der Waals surface area contributed by atoms with E-state index in [0.717, 1.165) is 29.2 Å². The largest absolute Gasteiger partial charge is 0.350 e. The van der Waals surface area contributed by atoms with Gasteiger partial charge in [-0.25, -0.2) is 4.98 Å². The number of nitrogens with zero attached hydrogens (tertiary/aromatic N) is 1. The maximum absolute atomic E-state index is 11.6. The topological polar surface area (TPSA) is 54.0 Å². The molecule has 4 nitrogen and oxygen atoms in total. The minimum atomic E-state index is 0.0783. The Hall–Kier alpha value is -1.72. The third-order valence-electron chi connectivity index (χ3n) is 2.87. The number of carbonyl (C=O) groups excluding carboxylic acids is 1. The molecule has 1 aromatic carbocycles. The Balaban J connectivity index is 1.83. The van der Waals surface area contributed by atoms with Crippen LogP contribution in [0.15, 0.2) is 35.7 Å². The maximum atomic E-state index is 11.6. The standard InChI is InChI=1S/C15H19N3OS/c1-16-9-5-8-14(19)17-10-13-11-20-15(18-13)12-6-3-2-4-7-12/h2-4,6-7,11,16H,5,8-10H2,1H3,(H,17,19). The summed E-state index contributed by atoms with van der Waals surface area (Å²) in [6.07, 6.45) is 1.41. The van der Waals surface area contributed by atoms with E-state index in [1.165, 1.54) is 0 Å². The van der Waals surface area contributed by atoms with Crippen molar-refractivity contribution in [3.05, 3.63) is 41.4 Å². The molecule has 0 bridgehead atoms. The summed E-state index contributed by atoms with van der Waals surface area (Å²) < 4.78 is 0. The van der Waals surface area contributed by atoms with Crippen molar-refractivity contribution in [3.63, 3.8) is 0 Å². The first-order chi connectivity index (χ1) is 9.79. The zero-order valence-electron chi connectivity index (χ0n) is 11.6. The first-order valence-corrected chi connectivity index (χ1v) is 7.58. The fourth-order valence-corrected chi connectivity index (χ4v) is 2.63. The second kappa shape index (κ2) is 7.77. The van der Waals surface area contributed by atoms with E-state index < -0.39 is 0 Å². The van der Waals surface area contributed by atoms with Crippen LogP contribution in [-0.2, 0) is 11.3 Å². The van der Waals surface area contributed by atoms with Gasteiger partial charge in [0.1, 0.15) is 5.01 Å². The van der Waals surface area contributed by atoms with Crippen molar-refractivity contribution in [3.8, 4) is 10.6 Å². The summed E-state index contributed by atoms with van der Waals surface area (Å²) in [5.41, 5.74) is 2.03. The Morgan fingerprint density at radius 1 is 1.30 bits per heavy atom. The molecular weight excluding hydrogens is 270 g/mol. The Kier molecular flexibility index (Phi) is 5.70. The normalized spacial score (nSPS) is 10.4. The van der Waals surface area contributed by atoms with Gasteiger partial charge in [0.05, 0.1) is 12.2 Å². The SMILES string of the molecule is CNCCCC(=O)NCc1csc(-c2ccccc2)n1. The van der Waals surface area contributed by atoms with Gasteiger partial charge in [0.15, 0.2) is 0 Å². The van der Waals surface area contributed by atoms with Gasteiger partial charge in [-0.1, -0.05) is 30.3 Å². The molecule has 0 aliphatic carbocycles. The van der Waals surface area contributed by atoms with E-state index in [4.69, 9.17) is 0 Å². The third-order valence-corrected chi connectivity index (χ3v) is 3.81. The highest BCUT2D eigenvalue weighted by Gasteiger charge is 2.06. The average molecular weight is 289 g/mol. The molecule has 5 heteroatoms. The van der Waals surface area contributed by atoms with E-state index in [2.05, 4.69) is 15.6 Å². The molecule has 20 heavy (non-hydrogen) atoms. The second-order valence-corrected chi connectivity index (χ2v) is 5.35. The molecule has 0 aliphatic heterocycles. The predicted molar refractivity (Wildman–Crippen MR) is 82.6 cm³/mol. The Labute approximate surface area is 123 Å². The van der Waals surface area contributed by atoms with Crippen molar-refractivity contribution in [2.75, 3.05) is 13.6 Å². The van der Waals surface area contributed by atoms with Crippen LogP contribution in [0, 0.1) is 0 Å². The van der Waals surface area contributed by atoms with Crippen molar-refractivity contribution in [1.29, 1.82) is 0 Å². The van der Waals surface area contributed by atoms with Crippen LogP contribution < -0.4 is 10.6 Å². The molecule has 106 valence electrons. The number of amides is 1. The van der Waals surface area contributed by atoms with E-state index in [1.54, 1.807) is 11.3 Å². The fourth-order valence-electron chi connectivity index (χ4n) is 1.80. The highest BCUT2D eigenvalue weighted by atomic mass is 32.1. The first kappa shape index (κ1) is 14.7. The van der Waals surface area contributed by atoms with Crippen molar-refractivity contribution in [2.24, 2.45) is 0 Å². The molecule has 0 saturated heterocycles. The molecule has 2 N–H and O–H groups in total. The van der Waals surface area contributed by atoms with Crippen LogP contribution in [-0.4, -0.2) is 24.5 Å². The summed E-state index contributed by atoms with van der Waals surface area (Å²) in [6, 6.07) is 10.1. The molecule has 2 aromatic rings. The number of hydrogen-bond acceptors (Lipinski definition) is 4. The highest BCUT2D eigenvalue weighted by Crippen LogP contribution is 2.23. The zero-order chi connectivity index (χ0) is 14.2. The lowest BCUT2D eigenvalue weighted by Crippen LogP contribution is -2.23. The molecule has 0 spiro atoms. The van der Waals surface area contributed by atoms with E-state index in [0.29, 0.717) is 13.0 Å². The van der Waals surface area contributed by atoms with Crippen LogP contribution in [0.1, 0.15) is 18.5 Å². The van der Waals surface area contributed by atoms with Crippen LogP contribution in [0.5, 0.6) is 0 Å². The first-order valence-electron chi connectivity index (χ1n) is 6.70. The molecule has 1 aromatic heterocycles. The van der Waals surface area contributed by atoms with Gasteiger partial charge in [-0.15, -0.1) is 11.3 Å². The lowest BCUT2D eigenvalue weighted by Gasteiger charge is -2.02. The van der Waals surface area contributed by atoms with E-state index in [9.17, 15) is 4.79 Å². The van der Waals surface area contributed by atoms with Gasteiger partial charge in [0, 0.05) is 17.4 Å². The van der Waals surface area contributed by atoms with Gasteiger partial charge in [0.2, 0.25) is 5.91 Å². The van der Waals surface area contributed by atoms with Crippen molar-refractivity contribution < 1.29 is 4.79 Å². The molecule has 0 radical (unpaired) electrons. The monoisotopic (exact) mass is 289 g/mol. The lowest BCUT2D eigenvalue weighted by atomic mass is 10.2. The van der Waals surface area contributed by atoms with Gasteiger partial charge < -0.3 is 10.6 Å². The lowest BCUT2D eigenvalue weighted by molar-refractivity contribution is -0.121. The molecule has 2 rings (SSSR count). The summed E-state index contributed by atoms with van der Waals surface area (Å²) in [5, 5.41) is 8.91. The number of benzene rings is 1. The van der Waals surface area contributed by atoms with Gasteiger partial charge >= 0.3 is 0 Å². The third kappa shape index (κ3) is 4.43. The Morgan fingerprint density at radius 3 is 2.85 bits per heavy atom. The molecule has 1 amide bonds. The van der Waals surface area contributed by atoms with Crippen molar-refractivity contribution in [1.82, 2.24) is 15.6 Å². The van der Waals surface area contributed by atoms with Crippen molar-refractivity contribution >= 4 is 17.2 Å². The van der Waals surface area contributed by atoms with Gasteiger partial charge in [-0.2, -0.15) is 0 Å². The van der Waals surface area contributed by atoms with E-state index >= 15 is 0 Å². The van der Waals surface area contributed by atoms with Crippen LogP contribution >= 0.6 is 11.3 Å². The molecule has 1 heterocycles. The summed E-state index contributed by atoms with van der Waals surface area (Å²) >= 11 is 1.60. The summed E-state index contributed by atoms with van der Waals surface area (Å²) in [7, 11) is 1.89. The van der Waals surface area contributed by atoms with Crippen LogP contribution in [0.2, 0.25) is 0 Å². The molecule has 0 fully saturated rings. The summed E-state index contributed by atoms with van der Waals surface area (Å²) in [5.74, 6) is 0.0783. The predicted octanol–water partition coefficient (Wildman–Crippen LogP) is 2.43. The molecule has 0 unspecified atom stereocenters. The molecule has 0 saturated carbocycles. The number of rotatable bonds is 7. The van der Waals surface area contributed by atoms with Gasteiger partial charge in [0.25, 0.3) is 0 Å². The van der Waals surface area contributed by atoms with Crippen LogP contribution in [0.4, 0.5) is 0 Å². The van der Waals surface area contributed by atoms with Gasteiger partial charge in [-0.3, -0.25) is 4.79 Å². The average Bonchev–Trinajstić information content (AvgIpc) is 2.95. The van der Waals surface area contributed by atoms with Crippen molar-refractivity contribution in [2.45, 2.75) is 19.4 Å². The van der Waals surface area contributed by atoms with Crippen LogP contribution in [0.3, 0.4) is 0 Å². The summed E-state index contributed by atoms with van der Waals surface area (Å²) in [4.78, 5) is 16.1. The maximum Gasteiger partial charge on any atom is 0.220 e. The number of thiazole rings is 1. The molecule has 0 atom stereocenters. The number of carbonyl (C=O) groups is 1. The summed E-state index contributed by atoms with van der Waals surface area (Å²) in [6.45, 7) is 1.37. The number of hydrogen-bond donors (Lipinski definition) is 2. The number of aromatic nitrogens is 1. The molecule has 0 aliphatic rings. The van der Waals surface area contributed by atoms with Crippen LogP contribution in [0.25, 0.3) is 10.6 Å². The van der Waals surface area contributed by atoms with Gasteiger partial charge in [-0.05, 0) is 20.0 Å². The smallest absolute Gasteiger partial charge is 0.220 e. The molecular formula is C15H19N3OS. The Morgan fingerprint density at radius 2 is 2.10 bits per heavy atom.